The molecule has 1 unspecified atom stereocenters. The molecule has 1 aliphatic carbocycles. The van der Waals surface area contributed by atoms with Crippen LogP contribution in [0.1, 0.15) is 67.8 Å². The fraction of sp³-hybridized carbons (Fsp3) is 0.632. The first kappa shape index (κ1) is 20.4. The third kappa shape index (κ3) is 5.30. The third-order valence-corrected chi connectivity index (χ3v) is 5.30. The SMILES string of the molecule is CCCC(=O)OCC(=O)Nc1sc2c(c1C(=O)OC(C)C)CCC(C)C2. The normalized spacial score (nSPS) is 16.1. The zero-order chi connectivity index (χ0) is 19.3. The maximum atomic E-state index is 12.6. The van der Waals surface area contributed by atoms with E-state index in [0.29, 0.717) is 22.9 Å². The van der Waals surface area contributed by atoms with Crippen LogP contribution in [0.3, 0.4) is 0 Å². The number of anilines is 1. The van der Waals surface area contributed by atoms with Gasteiger partial charge in [-0.25, -0.2) is 4.79 Å². The largest absolute Gasteiger partial charge is 0.459 e. The number of carbonyl (C=O) groups is 3. The minimum Gasteiger partial charge on any atom is -0.459 e. The molecular formula is C19H27NO5S. The summed E-state index contributed by atoms with van der Waals surface area (Å²) >= 11 is 1.42. The molecule has 0 bridgehead atoms. The highest BCUT2D eigenvalue weighted by atomic mass is 32.1. The molecule has 0 radical (unpaired) electrons. The molecule has 1 aromatic rings. The van der Waals surface area contributed by atoms with E-state index in [1.54, 1.807) is 13.8 Å². The monoisotopic (exact) mass is 381 g/mol. The Morgan fingerprint density at radius 3 is 2.69 bits per heavy atom. The van der Waals surface area contributed by atoms with Gasteiger partial charge in [0.05, 0.1) is 11.7 Å². The Morgan fingerprint density at radius 1 is 1.31 bits per heavy atom. The summed E-state index contributed by atoms with van der Waals surface area (Å²) < 4.78 is 10.3. The van der Waals surface area contributed by atoms with Crippen molar-refractivity contribution >= 4 is 34.2 Å². The molecule has 1 N–H and O–H groups in total. The van der Waals surface area contributed by atoms with Crippen LogP contribution >= 0.6 is 11.3 Å². The molecule has 1 aliphatic rings. The van der Waals surface area contributed by atoms with Gasteiger partial charge in [0.25, 0.3) is 5.91 Å². The van der Waals surface area contributed by atoms with Gasteiger partial charge in [0.15, 0.2) is 6.61 Å². The van der Waals surface area contributed by atoms with Gasteiger partial charge in [-0.2, -0.15) is 0 Å². The maximum absolute atomic E-state index is 12.6. The average molecular weight is 381 g/mol. The van der Waals surface area contributed by atoms with Crippen molar-refractivity contribution in [2.75, 3.05) is 11.9 Å². The lowest BCUT2D eigenvalue weighted by molar-refractivity contribution is -0.147. The van der Waals surface area contributed by atoms with Crippen LogP contribution in [0.25, 0.3) is 0 Å². The lowest BCUT2D eigenvalue weighted by atomic mass is 9.88. The number of nitrogens with one attached hydrogen (secondary N) is 1. The van der Waals surface area contributed by atoms with Crippen molar-refractivity contribution in [3.8, 4) is 0 Å². The van der Waals surface area contributed by atoms with E-state index >= 15 is 0 Å². The average Bonchev–Trinajstić information content (AvgIpc) is 2.89. The Labute approximate surface area is 158 Å². The molecule has 0 aliphatic heterocycles. The molecule has 0 saturated heterocycles. The molecule has 1 amide bonds. The lowest BCUT2D eigenvalue weighted by Crippen LogP contribution is -2.22. The molecule has 0 saturated carbocycles. The number of esters is 2. The second kappa shape index (κ2) is 9.16. The second-order valence-corrected chi connectivity index (χ2v) is 8.07. The first-order valence-electron chi connectivity index (χ1n) is 9.12. The fourth-order valence-electron chi connectivity index (χ4n) is 2.91. The molecular weight excluding hydrogens is 354 g/mol. The molecule has 1 heterocycles. The highest BCUT2D eigenvalue weighted by Crippen LogP contribution is 2.40. The van der Waals surface area contributed by atoms with E-state index in [2.05, 4.69) is 12.2 Å². The van der Waals surface area contributed by atoms with Gasteiger partial charge in [-0.05, 0) is 51.0 Å². The van der Waals surface area contributed by atoms with Crippen molar-refractivity contribution < 1.29 is 23.9 Å². The van der Waals surface area contributed by atoms with E-state index in [1.807, 2.05) is 6.92 Å². The minimum atomic E-state index is -0.445. The Morgan fingerprint density at radius 2 is 2.04 bits per heavy atom. The molecule has 7 heteroatoms. The minimum absolute atomic E-state index is 0.237. The predicted molar refractivity (Wildman–Crippen MR) is 101 cm³/mol. The Hall–Kier alpha value is -1.89. The highest BCUT2D eigenvalue weighted by molar-refractivity contribution is 7.17. The van der Waals surface area contributed by atoms with Crippen LogP contribution in [0.2, 0.25) is 0 Å². The Kier molecular flexibility index (Phi) is 7.20. The number of hydrogen-bond donors (Lipinski definition) is 1. The summed E-state index contributed by atoms with van der Waals surface area (Å²) in [4.78, 5) is 37.3. The number of thiophene rings is 1. The molecule has 144 valence electrons. The van der Waals surface area contributed by atoms with Gasteiger partial charge >= 0.3 is 11.9 Å². The summed E-state index contributed by atoms with van der Waals surface area (Å²) in [5.41, 5.74) is 1.44. The highest BCUT2D eigenvalue weighted by Gasteiger charge is 2.29. The van der Waals surface area contributed by atoms with Crippen molar-refractivity contribution in [2.24, 2.45) is 5.92 Å². The van der Waals surface area contributed by atoms with Crippen molar-refractivity contribution in [3.05, 3.63) is 16.0 Å². The van der Waals surface area contributed by atoms with E-state index < -0.39 is 17.8 Å². The van der Waals surface area contributed by atoms with E-state index in [9.17, 15) is 14.4 Å². The summed E-state index contributed by atoms with van der Waals surface area (Å²) in [6, 6.07) is 0. The topological polar surface area (TPSA) is 81.7 Å². The molecule has 0 aromatic carbocycles. The molecule has 0 fully saturated rings. The number of hydrogen-bond acceptors (Lipinski definition) is 6. The van der Waals surface area contributed by atoms with E-state index in [1.165, 1.54) is 11.3 Å². The van der Waals surface area contributed by atoms with Gasteiger partial charge in [0, 0.05) is 11.3 Å². The molecule has 2 rings (SSSR count). The number of amides is 1. The fourth-order valence-corrected chi connectivity index (χ4v) is 4.33. The van der Waals surface area contributed by atoms with Crippen LogP contribution < -0.4 is 5.32 Å². The zero-order valence-electron chi connectivity index (χ0n) is 15.8. The molecule has 26 heavy (non-hydrogen) atoms. The Balaban J connectivity index is 2.17. The van der Waals surface area contributed by atoms with Crippen LogP contribution in [-0.4, -0.2) is 30.6 Å². The maximum Gasteiger partial charge on any atom is 0.341 e. The van der Waals surface area contributed by atoms with Crippen LogP contribution in [-0.2, 0) is 31.9 Å². The lowest BCUT2D eigenvalue weighted by Gasteiger charge is -2.18. The van der Waals surface area contributed by atoms with E-state index in [4.69, 9.17) is 9.47 Å². The van der Waals surface area contributed by atoms with Gasteiger partial charge in [-0.3, -0.25) is 9.59 Å². The van der Waals surface area contributed by atoms with Gasteiger partial charge in [0.2, 0.25) is 0 Å². The summed E-state index contributed by atoms with van der Waals surface area (Å²) in [7, 11) is 0. The van der Waals surface area contributed by atoms with Crippen molar-refractivity contribution in [1.29, 1.82) is 0 Å². The van der Waals surface area contributed by atoms with Crippen LogP contribution in [0.5, 0.6) is 0 Å². The summed E-state index contributed by atoms with van der Waals surface area (Å²) in [5.74, 6) is -0.708. The predicted octanol–water partition coefficient (Wildman–Crippen LogP) is 3.72. The zero-order valence-corrected chi connectivity index (χ0v) is 16.7. The molecule has 0 spiro atoms. The number of rotatable bonds is 7. The van der Waals surface area contributed by atoms with Crippen molar-refractivity contribution in [1.82, 2.24) is 0 Å². The standard InChI is InChI=1S/C19H27NO5S/c1-5-6-16(22)24-10-15(21)20-18-17(19(23)25-11(2)3)13-8-7-12(4)9-14(13)26-18/h11-12H,5-10H2,1-4H3,(H,20,21). The number of ether oxygens (including phenoxy) is 2. The molecule has 1 aromatic heterocycles. The molecule has 1 atom stereocenters. The summed E-state index contributed by atoms with van der Waals surface area (Å²) in [6.07, 6.45) is 3.42. The van der Waals surface area contributed by atoms with Gasteiger partial charge in [-0.15, -0.1) is 11.3 Å². The van der Waals surface area contributed by atoms with Gasteiger partial charge in [0.1, 0.15) is 5.00 Å². The first-order valence-corrected chi connectivity index (χ1v) is 9.94. The molecule has 6 nitrogen and oxygen atoms in total. The van der Waals surface area contributed by atoms with Gasteiger partial charge < -0.3 is 14.8 Å². The van der Waals surface area contributed by atoms with E-state index in [-0.39, 0.29) is 19.1 Å². The van der Waals surface area contributed by atoms with E-state index in [0.717, 1.165) is 29.7 Å². The van der Waals surface area contributed by atoms with Crippen LogP contribution in [0, 0.1) is 5.92 Å². The Bertz CT molecular complexity index is 680. The number of carbonyl (C=O) groups excluding carboxylic acids is 3. The van der Waals surface area contributed by atoms with Crippen LogP contribution in [0.15, 0.2) is 0 Å². The summed E-state index contributed by atoms with van der Waals surface area (Å²) in [6.45, 7) is 7.29. The van der Waals surface area contributed by atoms with Crippen LogP contribution in [0.4, 0.5) is 5.00 Å². The van der Waals surface area contributed by atoms with Crippen molar-refractivity contribution in [2.45, 2.75) is 65.9 Å². The smallest absolute Gasteiger partial charge is 0.341 e. The number of fused-ring (bicyclic) bond motifs is 1. The summed E-state index contributed by atoms with van der Waals surface area (Å²) in [5, 5.41) is 3.23. The van der Waals surface area contributed by atoms with Crippen molar-refractivity contribution in [3.63, 3.8) is 0 Å². The van der Waals surface area contributed by atoms with Gasteiger partial charge in [-0.1, -0.05) is 13.8 Å². The second-order valence-electron chi connectivity index (χ2n) is 6.97. The first-order chi connectivity index (χ1) is 12.3. The quantitative estimate of drug-likeness (QED) is 0.728. The third-order valence-electron chi connectivity index (χ3n) is 4.13.